The average molecular weight is 389 g/mol. The number of carbonyl (C=O) groups is 1. The molecule has 0 spiro atoms. The number of nitrogens with one attached hydrogen (secondary N) is 2. The molecule has 0 unspecified atom stereocenters. The Morgan fingerprint density at radius 1 is 1.28 bits per heavy atom. The molecule has 3 heterocycles. The Morgan fingerprint density at radius 3 is 2.86 bits per heavy atom. The Bertz CT molecular complexity index is 1110. The fraction of sp³-hybridized carbons (Fsp3) is 0.476. The van der Waals surface area contributed by atoms with E-state index in [9.17, 15) is 4.79 Å². The van der Waals surface area contributed by atoms with Crippen molar-refractivity contribution in [2.75, 3.05) is 0 Å². The molecule has 8 heteroatoms. The highest BCUT2D eigenvalue weighted by atomic mass is 16.1. The van der Waals surface area contributed by atoms with Crippen LogP contribution in [0.3, 0.4) is 0 Å². The number of hydrogen-bond acceptors (Lipinski definition) is 5. The zero-order valence-electron chi connectivity index (χ0n) is 16.2. The number of pyridine rings is 1. The van der Waals surface area contributed by atoms with E-state index in [0.717, 1.165) is 53.6 Å². The maximum Gasteiger partial charge on any atom is 0.221 e. The van der Waals surface area contributed by atoms with Gasteiger partial charge in [-0.3, -0.25) is 4.79 Å². The Hall–Kier alpha value is -3.39. The number of rotatable bonds is 6. The molecule has 4 rings (SSSR count). The molecule has 0 aliphatic heterocycles. The van der Waals surface area contributed by atoms with E-state index >= 15 is 0 Å². The SMILES string of the molecule is N#CCCC(=O)NCc1nc2cnc3[nH]ccc3c2n1[C@H]1CC[C@H](CC#N)CC1. The number of hydrogen-bond donors (Lipinski definition) is 2. The molecule has 29 heavy (non-hydrogen) atoms. The van der Waals surface area contributed by atoms with Gasteiger partial charge in [-0.15, -0.1) is 0 Å². The zero-order valence-corrected chi connectivity index (χ0v) is 16.2. The molecular weight excluding hydrogens is 366 g/mol. The maximum absolute atomic E-state index is 12.0. The second kappa shape index (κ2) is 8.32. The van der Waals surface area contributed by atoms with Gasteiger partial charge in [0.1, 0.15) is 17.0 Å². The number of amides is 1. The van der Waals surface area contributed by atoms with E-state index in [2.05, 4.69) is 25.9 Å². The van der Waals surface area contributed by atoms with Crippen LogP contribution in [0.5, 0.6) is 0 Å². The summed E-state index contributed by atoms with van der Waals surface area (Å²) in [6.45, 7) is 0.322. The van der Waals surface area contributed by atoms with Gasteiger partial charge in [-0.2, -0.15) is 10.5 Å². The summed E-state index contributed by atoms with van der Waals surface area (Å²) in [5.41, 5.74) is 2.68. The van der Waals surface area contributed by atoms with Crippen molar-refractivity contribution >= 4 is 28.0 Å². The quantitative estimate of drug-likeness (QED) is 0.668. The van der Waals surface area contributed by atoms with E-state index in [0.29, 0.717) is 18.9 Å². The van der Waals surface area contributed by atoms with Crippen LogP contribution < -0.4 is 5.32 Å². The minimum absolute atomic E-state index is 0.146. The van der Waals surface area contributed by atoms with E-state index in [4.69, 9.17) is 15.5 Å². The topological polar surface area (TPSA) is 123 Å². The molecule has 3 aromatic rings. The van der Waals surface area contributed by atoms with Crippen LogP contribution in [-0.2, 0) is 11.3 Å². The lowest BCUT2D eigenvalue weighted by Crippen LogP contribution is -2.26. The summed E-state index contributed by atoms with van der Waals surface area (Å²) in [6.07, 6.45) is 8.68. The van der Waals surface area contributed by atoms with Crippen LogP contribution in [0.2, 0.25) is 0 Å². The maximum atomic E-state index is 12.0. The highest BCUT2D eigenvalue weighted by Crippen LogP contribution is 2.37. The number of aromatic nitrogens is 4. The van der Waals surface area contributed by atoms with Crippen LogP contribution in [0.15, 0.2) is 18.5 Å². The molecule has 1 fully saturated rings. The molecule has 0 saturated heterocycles. The summed E-state index contributed by atoms with van der Waals surface area (Å²) in [6, 6.07) is 6.59. The summed E-state index contributed by atoms with van der Waals surface area (Å²) < 4.78 is 2.26. The van der Waals surface area contributed by atoms with Gasteiger partial charge in [0, 0.05) is 36.9 Å². The van der Waals surface area contributed by atoms with Crippen molar-refractivity contribution in [2.24, 2.45) is 5.92 Å². The minimum Gasteiger partial charge on any atom is -0.349 e. The standard InChI is InChI=1S/C21H23N7O/c22-9-1-2-19(29)25-13-18-27-17-12-26-21-16(8-11-24-21)20(17)28(18)15-5-3-14(4-6-15)7-10-23/h8,11-12,14-15H,1-7,13H2,(H,24,26)(H,25,29)/t14-,15-. The van der Waals surface area contributed by atoms with Crippen molar-refractivity contribution in [2.45, 2.75) is 57.5 Å². The van der Waals surface area contributed by atoms with Gasteiger partial charge >= 0.3 is 0 Å². The summed E-state index contributed by atoms with van der Waals surface area (Å²) >= 11 is 0. The molecule has 148 valence electrons. The average Bonchev–Trinajstić information content (AvgIpc) is 3.35. The molecule has 3 aromatic heterocycles. The summed E-state index contributed by atoms with van der Waals surface area (Å²) in [7, 11) is 0. The molecule has 0 bridgehead atoms. The highest BCUT2D eigenvalue weighted by molar-refractivity contribution is 6.01. The van der Waals surface area contributed by atoms with Crippen LogP contribution in [0, 0.1) is 28.6 Å². The lowest BCUT2D eigenvalue weighted by atomic mass is 9.84. The Labute approximate surface area is 168 Å². The van der Waals surface area contributed by atoms with Crippen LogP contribution >= 0.6 is 0 Å². The van der Waals surface area contributed by atoms with E-state index in [-0.39, 0.29) is 24.8 Å². The van der Waals surface area contributed by atoms with Gasteiger partial charge in [-0.05, 0) is 37.7 Å². The third-order valence-electron chi connectivity index (χ3n) is 5.78. The second-order valence-electron chi connectivity index (χ2n) is 7.60. The fourth-order valence-corrected chi connectivity index (χ4v) is 4.33. The lowest BCUT2D eigenvalue weighted by Gasteiger charge is -2.30. The monoisotopic (exact) mass is 389 g/mol. The molecule has 1 aliphatic carbocycles. The zero-order chi connectivity index (χ0) is 20.2. The van der Waals surface area contributed by atoms with Crippen molar-refractivity contribution < 1.29 is 4.79 Å². The third-order valence-corrected chi connectivity index (χ3v) is 5.78. The van der Waals surface area contributed by atoms with E-state index in [1.807, 2.05) is 18.3 Å². The van der Waals surface area contributed by atoms with Crippen molar-refractivity contribution in [3.05, 3.63) is 24.3 Å². The number of aromatic amines is 1. The first-order chi connectivity index (χ1) is 14.2. The molecular formula is C21H23N7O. The Balaban J connectivity index is 1.67. The predicted molar refractivity (Wildman–Crippen MR) is 107 cm³/mol. The molecule has 0 radical (unpaired) electrons. The van der Waals surface area contributed by atoms with Crippen LogP contribution in [0.25, 0.3) is 22.1 Å². The number of imidazole rings is 1. The second-order valence-corrected chi connectivity index (χ2v) is 7.60. The number of H-pyrrole nitrogens is 1. The van der Waals surface area contributed by atoms with Crippen molar-refractivity contribution in [1.82, 2.24) is 24.8 Å². The summed E-state index contributed by atoms with van der Waals surface area (Å²) in [5, 5.41) is 21.6. The van der Waals surface area contributed by atoms with Gasteiger partial charge in [-0.1, -0.05) is 0 Å². The van der Waals surface area contributed by atoms with Gasteiger partial charge in [-0.25, -0.2) is 9.97 Å². The number of nitrogens with zero attached hydrogens (tertiary/aromatic N) is 5. The van der Waals surface area contributed by atoms with Gasteiger partial charge in [0.25, 0.3) is 0 Å². The molecule has 1 amide bonds. The van der Waals surface area contributed by atoms with Gasteiger partial charge < -0.3 is 14.9 Å². The van der Waals surface area contributed by atoms with Crippen LogP contribution in [0.4, 0.5) is 0 Å². The number of nitriles is 2. The van der Waals surface area contributed by atoms with E-state index < -0.39 is 0 Å². The summed E-state index contributed by atoms with van der Waals surface area (Å²) in [5.74, 6) is 1.13. The Morgan fingerprint density at radius 2 is 2.10 bits per heavy atom. The van der Waals surface area contributed by atoms with Crippen LogP contribution in [-0.4, -0.2) is 25.4 Å². The first-order valence-electron chi connectivity index (χ1n) is 10.0. The number of carbonyl (C=O) groups excluding carboxylic acids is 1. The first kappa shape index (κ1) is 18.9. The van der Waals surface area contributed by atoms with Gasteiger partial charge in [0.15, 0.2) is 0 Å². The molecule has 2 N–H and O–H groups in total. The normalized spacial score (nSPS) is 19.1. The minimum atomic E-state index is -0.146. The molecule has 8 nitrogen and oxygen atoms in total. The van der Waals surface area contributed by atoms with Crippen LogP contribution in [0.1, 0.15) is 56.8 Å². The van der Waals surface area contributed by atoms with Crippen molar-refractivity contribution in [3.8, 4) is 12.1 Å². The predicted octanol–water partition coefficient (Wildman–Crippen LogP) is 3.48. The molecule has 0 atom stereocenters. The lowest BCUT2D eigenvalue weighted by molar-refractivity contribution is -0.121. The van der Waals surface area contributed by atoms with E-state index in [1.54, 1.807) is 6.20 Å². The summed E-state index contributed by atoms with van der Waals surface area (Å²) in [4.78, 5) is 24.4. The largest absolute Gasteiger partial charge is 0.349 e. The molecule has 1 saturated carbocycles. The van der Waals surface area contributed by atoms with E-state index in [1.165, 1.54) is 0 Å². The molecule has 0 aromatic carbocycles. The smallest absolute Gasteiger partial charge is 0.221 e. The van der Waals surface area contributed by atoms with Gasteiger partial charge in [0.05, 0.1) is 30.4 Å². The van der Waals surface area contributed by atoms with Crippen molar-refractivity contribution in [1.29, 1.82) is 10.5 Å². The van der Waals surface area contributed by atoms with Gasteiger partial charge in [0.2, 0.25) is 5.91 Å². The molecule has 1 aliphatic rings. The van der Waals surface area contributed by atoms with Crippen molar-refractivity contribution in [3.63, 3.8) is 0 Å². The first-order valence-corrected chi connectivity index (χ1v) is 10.0. The Kier molecular flexibility index (Phi) is 5.44. The fourth-order valence-electron chi connectivity index (χ4n) is 4.33. The third kappa shape index (κ3) is 3.79. The highest BCUT2D eigenvalue weighted by Gasteiger charge is 2.27. The number of fused-ring (bicyclic) bond motifs is 3.